The van der Waals surface area contributed by atoms with E-state index in [0.29, 0.717) is 47.0 Å². The lowest BCUT2D eigenvalue weighted by molar-refractivity contribution is -0.119. The minimum atomic E-state index is -0.344. The molecule has 1 aliphatic heterocycles. The minimum absolute atomic E-state index is 0.102. The number of benzene rings is 3. The van der Waals surface area contributed by atoms with Crippen molar-refractivity contribution in [1.82, 2.24) is 0 Å². The smallest absolute Gasteiger partial charge is 0.255 e. The van der Waals surface area contributed by atoms with Gasteiger partial charge in [0.2, 0.25) is 5.91 Å². The Morgan fingerprint density at radius 2 is 1.31 bits per heavy atom. The highest BCUT2D eigenvalue weighted by molar-refractivity contribution is 6.07. The van der Waals surface area contributed by atoms with Crippen molar-refractivity contribution < 1.29 is 23.9 Å². The number of methoxy groups -OCH3 is 2. The zero-order chi connectivity index (χ0) is 24.8. The zero-order valence-electron chi connectivity index (χ0n) is 19.7. The van der Waals surface area contributed by atoms with E-state index in [0.717, 1.165) is 18.5 Å². The molecule has 3 amide bonds. The van der Waals surface area contributed by atoms with Gasteiger partial charge < -0.3 is 25.0 Å². The largest absolute Gasteiger partial charge is 0.494 e. The maximum absolute atomic E-state index is 12.9. The van der Waals surface area contributed by atoms with Gasteiger partial charge in [-0.3, -0.25) is 14.4 Å². The van der Waals surface area contributed by atoms with E-state index in [1.807, 2.05) is 6.07 Å². The summed E-state index contributed by atoms with van der Waals surface area (Å²) in [5.41, 5.74) is 2.51. The fourth-order valence-electron chi connectivity index (χ4n) is 3.94. The molecule has 35 heavy (non-hydrogen) atoms. The molecule has 1 heterocycles. The number of rotatable bonds is 7. The van der Waals surface area contributed by atoms with Gasteiger partial charge in [0, 0.05) is 41.9 Å². The van der Waals surface area contributed by atoms with Crippen LogP contribution in [0.1, 0.15) is 40.0 Å². The van der Waals surface area contributed by atoms with Crippen LogP contribution in [-0.2, 0) is 4.79 Å². The lowest BCUT2D eigenvalue weighted by Gasteiger charge is -2.26. The van der Waals surface area contributed by atoms with Crippen molar-refractivity contribution in [1.29, 1.82) is 0 Å². The lowest BCUT2D eigenvalue weighted by Crippen LogP contribution is -2.35. The van der Waals surface area contributed by atoms with E-state index in [2.05, 4.69) is 10.6 Å². The second kappa shape index (κ2) is 10.7. The number of anilines is 3. The summed E-state index contributed by atoms with van der Waals surface area (Å²) in [5, 5.41) is 5.65. The second-order valence-electron chi connectivity index (χ2n) is 8.08. The van der Waals surface area contributed by atoms with Gasteiger partial charge in [0.1, 0.15) is 11.5 Å². The lowest BCUT2D eigenvalue weighted by atomic mass is 10.1. The molecule has 180 valence electrons. The standard InChI is InChI=1S/C27H27N3O5/c1-34-23-17-22(24(35-2)16-21(23)28-26(32)18-8-4-3-5-9-18)29-27(33)19-11-13-20(14-12-19)30-15-7-6-10-25(30)31/h3-5,8-9,11-14,16-17H,6-7,10,15H2,1-2H3,(H,28,32)(H,29,33). The molecular weight excluding hydrogens is 446 g/mol. The van der Waals surface area contributed by atoms with Crippen molar-refractivity contribution in [2.75, 3.05) is 36.3 Å². The molecule has 0 aliphatic carbocycles. The van der Waals surface area contributed by atoms with Gasteiger partial charge in [-0.2, -0.15) is 0 Å². The van der Waals surface area contributed by atoms with Crippen LogP contribution in [0.15, 0.2) is 66.7 Å². The van der Waals surface area contributed by atoms with E-state index >= 15 is 0 Å². The Balaban J connectivity index is 1.51. The van der Waals surface area contributed by atoms with Gasteiger partial charge in [0.15, 0.2) is 0 Å². The zero-order valence-corrected chi connectivity index (χ0v) is 19.7. The predicted octanol–water partition coefficient (Wildman–Crippen LogP) is 4.73. The van der Waals surface area contributed by atoms with E-state index in [9.17, 15) is 14.4 Å². The molecule has 4 rings (SSSR count). The van der Waals surface area contributed by atoms with Gasteiger partial charge in [-0.1, -0.05) is 18.2 Å². The first-order valence-electron chi connectivity index (χ1n) is 11.3. The highest BCUT2D eigenvalue weighted by atomic mass is 16.5. The summed E-state index contributed by atoms with van der Waals surface area (Å²) in [7, 11) is 2.96. The third kappa shape index (κ3) is 5.43. The molecule has 0 radical (unpaired) electrons. The Morgan fingerprint density at radius 3 is 1.83 bits per heavy atom. The quantitative estimate of drug-likeness (QED) is 0.517. The third-order valence-electron chi connectivity index (χ3n) is 5.82. The summed E-state index contributed by atoms with van der Waals surface area (Å²) in [6, 6.07) is 18.9. The molecule has 0 unspecified atom stereocenters. The number of carbonyl (C=O) groups is 3. The molecule has 1 fully saturated rings. The molecule has 0 aromatic heterocycles. The van der Waals surface area contributed by atoms with Crippen molar-refractivity contribution in [2.45, 2.75) is 19.3 Å². The summed E-state index contributed by atoms with van der Waals surface area (Å²) in [5.74, 6) is 0.185. The number of amides is 3. The van der Waals surface area contributed by atoms with Gasteiger partial charge in [-0.25, -0.2) is 0 Å². The minimum Gasteiger partial charge on any atom is -0.494 e. The van der Waals surface area contributed by atoms with Crippen LogP contribution in [-0.4, -0.2) is 38.5 Å². The Bertz CT molecular complexity index is 1230. The summed E-state index contributed by atoms with van der Waals surface area (Å²) in [6.45, 7) is 0.689. The normalized spacial score (nSPS) is 13.2. The predicted molar refractivity (Wildman–Crippen MR) is 135 cm³/mol. The van der Waals surface area contributed by atoms with Gasteiger partial charge in [0.05, 0.1) is 25.6 Å². The molecule has 1 aliphatic rings. The van der Waals surface area contributed by atoms with Gasteiger partial charge >= 0.3 is 0 Å². The number of nitrogens with one attached hydrogen (secondary N) is 2. The van der Waals surface area contributed by atoms with Crippen LogP contribution >= 0.6 is 0 Å². The van der Waals surface area contributed by atoms with Crippen molar-refractivity contribution in [3.05, 3.63) is 77.9 Å². The number of nitrogens with zero attached hydrogens (tertiary/aromatic N) is 1. The fourth-order valence-corrected chi connectivity index (χ4v) is 3.94. The molecule has 0 spiro atoms. The van der Waals surface area contributed by atoms with Gasteiger partial charge in [0.25, 0.3) is 11.8 Å². The summed E-state index contributed by atoms with van der Waals surface area (Å²) in [4.78, 5) is 39.4. The highest BCUT2D eigenvalue weighted by Gasteiger charge is 2.20. The highest BCUT2D eigenvalue weighted by Crippen LogP contribution is 2.37. The molecule has 0 atom stereocenters. The third-order valence-corrected chi connectivity index (χ3v) is 5.82. The molecule has 2 N–H and O–H groups in total. The molecule has 0 saturated carbocycles. The molecule has 1 saturated heterocycles. The van der Waals surface area contributed by atoms with Crippen molar-refractivity contribution in [3.63, 3.8) is 0 Å². The maximum Gasteiger partial charge on any atom is 0.255 e. The first-order chi connectivity index (χ1) is 17.0. The second-order valence-corrected chi connectivity index (χ2v) is 8.08. The Labute approximate surface area is 203 Å². The fraction of sp³-hybridized carbons (Fsp3) is 0.222. The number of piperidine rings is 1. The van der Waals surface area contributed by atoms with Crippen LogP contribution in [0, 0.1) is 0 Å². The summed E-state index contributed by atoms with van der Waals surface area (Å²) < 4.78 is 10.9. The average Bonchev–Trinajstić information content (AvgIpc) is 2.90. The summed E-state index contributed by atoms with van der Waals surface area (Å²) in [6.07, 6.45) is 2.43. The molecular formula is C27H27N3O5. The summed E-state index contributed by atoms with van der Waals surface area (Å²) >= 11 is 0. The molecule has 8 heteroatoms. The Kier molecular flexibility index (Phi) is 7.30. The van der Waals surface area contributed by atoms with Crippen LogP contribution in [0.2, 0.25) is 0 Å². The molecule has 0 bridgehead atoms. The number of carbonyl (C=O) groups excluding carboxylic acids is 3. The van der Waals surface area contributed by atoms with Gasteiger partial charge in [-0.15, -0.1) is 0 Å². The van der Waals surface area contributed by atoms with Crippen molar-refractivity contribution >= 4 is 34.8 Å². The number of ether oxygens (including phenoxy) is 2. The number of hydrogen-bond acceptors (Lipinski definition) is 5. The van der Waals surface area contributed by atoms with Gasteiger partial charge in [-0.05, 0) is 49.2 Å². The van der Waals surface area contributed by atoms with Crippen molar-refractivity contribution in [2.24, 2.45) is 0 Å². The number of hydrogen-bond donors (Lipinski definition) is 2. The van der Waals surface area contributed by atoms with Crippen LogP contribution in [0.5, 0.6) is 11.5 Å². The first-order valence-corrected chi connectivity index (χ1v) is 11.3. The van der Waals surface area contributed by atoms with E-state index in [-0.39, 0.29) is 17.7 Å². The maximum atomic E-state index is 12.9. The van der Waals surface area contributed by atoms with Crippen LogP contribution in [0.4, 0.5) is 17.1 Å². The Morgan fingerprint density at radius 1 is 0.771 bits per heavy atom. The molecule has 8 nitrogen and oxygen atoms in total. The molecule has 3 aromatic rings. The topological polar surface area (TPSA) is 97.0 Å². The monoisotopic (exact) mass is 473 g/mol. The SMILES string of the molecule is COc1cc(NC(=O)c2ccc(N3CCCCC3=O)cc2)c(OC)cc1NC(=O)c1ccccc1. The van der Waals surface area contributed by atoms with Crippen LogP contribution < -0.4 is 25.0 Å². The van der Waals surface area contributed by atoms with Crippen LogP contribution in [0.3, 0.4) is 0 Å². The van der Waals surface area contributed by atoms with E-state index < -0.39 is 0 Å². The Hall–Kier alpha value is -4.33. The van der Waals surface area contributed by atoms with E-state index in [1.54, 1.807) is 65.6 Å². The van der Waals surface area contributed by atoms with Crippen molar-refractivity contribution in [3.8, 4) is 11.5 Å². The molecule has 3 aromatic carbocycles. The van der Waals surface area contributed by atoms with Crippen LogP contribution in [0.25, 0.3) is 0 Å². The average molecular weight is 474 g/mol. The van der Waals surface area contributed by atoms with E-state index in [4.69, 9.17) is 9.47 Å². The first kappa shape index (κ1) is 23.8. The van der Waals surface area contributed by atoms with E-state index in [1.165, 1.54) is 14.2 Å².